The van der Waals surface area contributed by atoms with Crippen molar-refractivity contribution in [2.24, 2.45) is 0 Å². The molecule has 2 aliphatic heterocycles. The summed E-state index contributed by atoms with van der Waals surface area (Å²) in [6.45, 7) is 4.54. The van der Waals surface area contributed by atoms with Crippen molar-refractivity contribution in [3.05, 3.63) is 0 Å². The minimum atomic E-state index is 0.295. The number of piperidine rings is 1. The topological polar surface area (TPSA) is 41.6 Å². The van der Waals surface area contributed by atoms with Crippen LogP contribution in [-0.2, 0) is 9.53 Å². The lowest BCUT2D eigenvalue weighted by molar-refractivity contribution is -0.128. The molecule has 0 aromatic rings. The fraction of sp³-hybridized carbons (Fsp3) is 0.909. The predicted molar refractivity (Wildman–Crippen MR) is 57.7 cm³/mol. The summed E-state index contributed by atoms with van der Waals surface area (Å²) in [5.41, 5.74) is 0. The maximum absolute atomic E-state index is 11.3. The van der Waals surface area contributed by atoms with Crippen molar-refractivity contribution in [2.45, 2.75) is 31.8 Å². The van der Waals surface area contributed by atoms with Gasteiger partial charge in [0.1, 0.15) is 0 Å². The van der Waals surface area contributed by atoms with Gasteiger partial charge in [0.05, 0.1) is 12.7 Å². The van der Waals surface area contributed by atoms with E-state index in [4.69, 9.17) is 4.74 Å². The third-order valence-corrected chi connectivity index (χ3v) is 3.17. The molecule has 0 aromatic heterocycles. The zero-order chi connectivity index (χ0) is 10.5. The van der Waals surface area contributed by atoms with Gasteiger partial charge in [0.2, 0.25) is 5.91 Å². The van der Waals surface area contributed by atoms with E-state index in [9.17, 15) is 4.79 Å². The van der Waals surface area contributed by atoms with Crippen LogP contribution in [0.4, 0.5) is 0 Å². The van der Waals surface area contributed by atoms with E-state index in [-0.39, 0.29) is 0 Å². The molecule has 0 unspecified atom stereocenters. The fourth-order valence-electron chi connectivity index (χ4n) is 2.23. The summed E-state index contributed by atoms with van der Waals surface area (Å²) in [5.74, 6) is 0.295. The first-order valence-corrected chi connectivity index (χ1v) is 5.96. The number of nitrogens with zero attached hydrogens (tertiary/aromatic N) is 1. The van der Waals surface area contributed by atoms with Gasteiger partial charge < -0.3 is 15.0 Å². The van der Waals surface area contributed by atoms with Crippen molar-refractivity contribution in [3.63, 3.8) is 0 Å². The van der Waals surface area contributed by atoms with E-state index in [1.807, 2.05) is 4.90 Å². The summed E-state index contributed by atoms with van der Waals surface area (Å²) < 4.78 is 5.76. The molecule has 0 bridgehead atoms. The van der Waals surface area contributed by atoms with Crippen LogP contribution >= 0.6 is 0 Å². The van der Waals surface area contributed by atoms with E-state index in [0.29, 0.717) is 18.6 Å². The highest BCUT2D eigenvalue weighted by molar-refractivity contribution is 5.77. The molecule has 86 valence electrons. The summed E-state index contributed by atoms with van der Waals surface area (Å²) >= 11 is 0. The van der Waals surface area contributed by atoms with Gasteiger partial charge in [0.25, 0.3) is 0 Å². The van der Waals surface area contributed by atoms with E-state index < -0.39 is 0 Å². The highest BCUT2D eigenvalue weighted by Crippen LogP contribution is 2.10. The summed E-state index contributed by atoms with van der Waals surface area (Å²) in [4.78, 5) is 13.2. The van der Waals surface area contributed by atoms with Crippen molar-refractivity contribution < 1.29 is 9.53 Å². The third-order valence-electron chi connectivity index (χ3n) is 3.17. The number of hydrogen-bond donors (Lipinski definition) is 1. The minimum absolute atomic E-state index is 0.295. The first-order valence-electron chi connectivity index (χ1n) is 5.96. The van der Waals surface area contributed by atoms with Crippen LogP contribution in [-0.4, -0.2) is 49.7 Å². The van der Waals surface area contributed by atoms with Crippen LogP contribution < -0.4 is 5.32 Å². The molecule has 0 atom stereocenters. The number of carbonyl (C=O) groups is 1. The van der Waals surface area contributed by atoms with Gasteiger partial charge in [-0.15, -0.1) is 0 Å². The second-order valence-electron chi connectivity index (χ2n) is 4.30. The molecule has 2 fully saturated rings. The van der Waals surface area contributed by atoms with E-state index in [1.54, 1.807) is 0 Å². The van der Waals surface area contributed by atoms with Crippen molar-refractivity contribution in [1.29, 1.82) is 0 Å². The molecule has 0 saturated carbocycles. The van der Waals surface area contributed by atoms with Gasteiger partial charge in [-0.3, -0.25) is 4.79 Å². The second-order valence-corrected chi connectivity index (χ2v) is 4.30. The first kappa shape index (κ1) is 10.9. The van der Waals surface area contributed by atoms with Crippen molar-refractivity contribution in [2.75, 3.05) is 32.8 Å². The molecule has 2 saturated heterocycles. The average Bonchev–Trinajstić information content (AvgIpc) is 2.66. The Kier molecular flexibility index (Phi) is 3.97. The van der Waals surface area contributed by atoms with Gasteiger partial charge in [0.15, 0.2) is 0 Å². The molecule has 4 nitrogen and oxygen atoms in total. The Morgan fingerprint density at radius 1 is 1.40 bits per heavy atom. The van der Waals surface area contributed by atoms with Crippen molar-refractivity contribution >= 4 is 5.91 Å². The summed E-state index contributed by atoms with van der Waals surface area (Å²) in [6.07, 6.45) is 4.37. The summed E-state index contributed by atoms with van der Waals surface area (Å²) in [6, 6.07) is 0. The molecule has 0 radical (unpaired) electrons. The van der Waals surface area contributed by atoms with E-state index >= 15 is 0 Å². The molecule has 1 N–H and O–H groups in total. The molecule has 0 aliphatic carbocycles. The number of carbonyl (C=O) groups excluding carboxylic acids is 1. The van der Waals surface area contributed by atoms with Crippen LogP contribution in [0.3, 0.4) is 0 Å². The largest absolute Gasteiger partial charge is 0.376 e. The Morgan fingerprint density at radius 2 is 2.20 bits per heavy atom. The van der Waals surface area contributed by atoms with Gasteiger partial charge in [-0.25, -0.2) is 0 Å². The number of hydrogen-bond acceptors (Lipinski definition) is 3. The highest BCUT2D eigenvalue weighted by atomic mass is 16.5. The van der Waals surface area contributed by atoms with Gasteiger partial charge in [0, 0.05) is 19.5 Å². The number of rotatable bonds is 4. The van der Waals surface area contributed by atoms with E-state index in [1.165, 1.54) is 0 Å². The molecular formula is C11H20N2O2. The molecule has 2 aliphatic rings. The average molecular weight is 212 g/mol. The normalized spacial score (nSPS) is 23.7. The first-order chi connectivity index (χ1) is 7.36. The Hall–Kier alpha value is -0.610. The minimum Gasteiger partial charge on any atom is -0.376 e. The van der Waals surface area contributed by atoms with Crippen LogP contribution in [0.15, 0.2) is 0 Å². The van der Waals surface area contributed by atoms with Gasteiger partial charge in [-0.1, -0.05) is 0 Å². The monoisotopic (exact) mass is 212 g/mol. The van der Waals surface area contributed by atoms with Crippen molar-refractivity contribution in [3.8, 4) is 0 Å². The molecule has 1 amide bonds. The maximum atomic E-state index is 11.3. The smallest absolute Gasteiger partial charge is 0.222 e. The van der Waals surface area contributed by atoms with Gasteiger partial charge >= 0.3 is 0 Å². The lowest BCUT2D eigenvalue weighted by Gasteiger charge is -2.24. The zero-order valence-electron chi connectivity index (χ0n) is 9.21. The van der Waals surface area contributed by atoms with Gasteiger partial charge in [-0.05, 0) is 32.4 Å². The molecule has 4 heteroatoms. The Bertz CT molecular complexity index is 215. The highest BCUT2D eigenvalue weighted by Gasteiger charge is 2.20. The number of ether oxygens (including phenoxy) is 1. The predicted octanol–water partition coefficient (Wildman–Crippen LogP) is 0.377. The molecule has 15 heavy (non-hydrogen) atoms. The molecular weight excluding hydrogens is 192 g/mol. The molecule has 0 aromatic carbocycles. The van der Waals surface area contributed by atoms with Crippen LogP contribution in [0.5, 0.6) is 0 Å². The Balaban J connectivity index is 1.59. The molecule has 2 heterocycles. The van der Waals surface area contributed by atoms with Crippen LogP contribution in [0.2, 0.25) is 0 Å². The zero-order valence-corrected chi connectivity index (χ0v) is 9.21. The summed E-state index contributed by atoms with van der Waals surface area (Å²) in [7, 11) is 0. The lowest BCUT2D eigenvalue weighted by Crippen LogP contribution is -2.35. The molecule has 2 rings (SSSR count). The SMILES string of the molecule is O=C1CCCN1CCOC1CCNCC1. The second kappa shape index (κ2) is 5.47. The van der Waals surface area contributed by atoms with Crippen LogP contribution in [0.25, 0.3) is 0 Å². The quantitative estimate of drug-likeness (QED) is 0.732. The van der Waals surface area contributed by atoms with Crippen molar-refractivity contribution in [1.82, 2.24) is 10.2 Å². The fourth-order valence-corrected chi connectivity index (χ4v) is 2.23. The lowest BCUT2D eigenvalue weighted by atomic mass is 10.1. The third kappa shape index (κ3) is 3.18. The van der Waals surface area contributed by atoms with Crippen LogP contribution in [0, 0.1) is 0 Å². The summed E-state index contributed by atoms with van der Waals surface area (Å²) in [5, 5.41) is 3.31. The molecule has 0 spiro atoms. The Morgan fingerprint density at radius 3 is 2.87 bits per heavy atom. The number of likely N-dealkylation sites (tertiary alicyclic amines) is 1. The maximum Gasteiger partial charge on any atom is 0.222 e. The van der Waals surface area contributed by atoms with Crippen LogP contribution in [0.1, 0.15) is 25.7 Å². The number of nitrogens with one attached hydrogen (secondary N) is 1. The standard InChI is InChI=1S/C11H20N2O2/c14-11-2-1-7-13(11)8-9-15-10-3-5-12-6-4-10/h10,12H,1-9H2. The van der Waals surface area contributed by atoms with Gasteiger partial charge in [-0.2, -0.15) is 0 Å². The number of amides is 1. The van der Waals surface area contributed by atoms with E-state index in [0.717, 1.165) is 51.9 Å². The van der Waals surface area contributed by atoms with E-state index in [2.05, 4.69) is 5.32 Å². The Labute approximate surface area is 91.0 Å².